The lowest BCUT2D eigenvalue weighted by atomic mass is 10.0. The summed E-state index contributed by atoms with van der Waals surface area (Å²) in [5, 5.41) is 0. The highest BCUT2D eigenvalue weighted by atomic mass is 16.5. The van der Waals surface area contributed by atoms with Crippen molar-refractivity contribution >= 4 is 0 Å². The van der Waals surface area contributed by atoms with Crippen LogP contribution in [0, 0.1) is 12.5 Å². The van der Waals surface area contributed by atoms with Crippen LogP contribution in [0.25, 0.3) is 0 Å². The number of ether oxygens (including phenoxy) is 1. The molecule has 2 radical (unpaired) electrons. The molecule has 1 nitrogen and oxygen atoms in total. The van der Waals surface area contributed by atoms with Crippen molar-refractivity contribution in [1.29, 1.82) is 0 Å². The Morgan fingerprint density at radius 2 is 1.79 bits per heavy atom. The van der Waals surface area contributed by atoms with Gasteiger partial charge in [0.1, 0.15) is 11.5 Å². The van der Waals surface area contributed by atoms with E-state index < -0.39 is 0 Å². The molecule has 0 aliphatic carbocycles. The predicted octanol–water partition coefficient (Wildman–Crippen LogP) is 3.19. The lowest BCUT2D eigenvalue weighted by Gasteiger charge is -2.18. The van der Waals surface area contributed by atoms with Gasteiger partial charge in [-0.05, 0) is 18.2 Å². The smallest absolute Gasteiger partial charge is 0.131 e. The first-order valence-electron chi connectivity index (χ1n) is 4.56. The number of benzene rings is 2. The highest BCUT2D eigenvalue weighted by Crippen LogP contribution is 2.36. The summed E-state index contributed by atoms with van der Waals surface area (Å²) in [5.41, 5.74) is 2.13. The third-order valence-corrected chi connectivity index (χ3v) is 2.29. The number of fused-ring (bicyclic) bond motifs is 2. The molecule has 0 bridgehead atoms. The molecular formula is C13H8O. The average molecular weight is 180 g/mol. The Kier molecular flexibility index (Phi) is 1.57. The van der Waals surface area contributed by atoms with Gasteiger partial charge < -0.3 is 4.74 Å². The van der Waals surface area contributed by atoms with Crippen molar-refractivity contribution in [3.8, 4) is 11.5 Å². The van der Waals surface area contributed by atoms with Crippen LogP contribution in [0.15, 0.2) is 42.5 Å². The first-order valence-corrected chi connectivity index (χ1v) is 4.56. The summed E-state index contributed by atoms with van der Waals surface area (Å²) >= 11 is 0. The Hall–Kier alpha value is -1.76. The van der Waals surface area contributed by atoms with Crippen molar-refractivity contribution in [3.63, 3.8) is 0 Å². The van der Waals surface area contributed by atoms with Gasteiger partial charge in [-0.2, -0.15) is 0 Å². The molecule has 0 saturated heterocycles. The zero-order chi connectivity index (χ0) is 9.38. The zero-order valence-corrected chi connectivity index (χ0v) is 7.53. The van der Waals surface area contributed by atoms with Gasteiger partial charge in [-0.3, -0.25) is 0 Å². The minimum absolute atomic E-state index is 0.881. The Labute approximate surface area is 83.0 Å². The van der Waals surface area contributed by atoms with Gasteiger partial charge >= 0.3 is 0 Å². The summed E-state index contributed by atoms with van der Waals surface area (Å²) in [6, 6.07) is 16.9. The minimum Gasteiger partial charge on any atom is -0.457 e. The van der Waals surface area contributed by atoms with Crippen LogP contribution in [0.1, 0.15) is 11.1 Å². The van der Waals surface area contributed by atoms with Gasteiger partial charge in [-0.15, -0.1) is 0 Å². The topological polar surface area (TPSA) is 9.23 Å². The third kappa shape index (κ3) is 1.10. The molecule has 66 valence electrons. The molecule has 0 atom stereocenters. The van der Waals surface area contributed by atoms with Crippen LogP contribution < -0.4 is 4.74 Å². The maximum Gasteiger partial charge on any atom is 0.131 e. The second-order valence-electron chi connectivity index (χ2n) is 3.23. The molecular weight excluding hydrogens is 172 g/mol. The van der Waals surface area contributed by atoms with Crippen LogP contribution in [0.5, 0.6) is 11.5 Å². The standard InChI is InChI=1S/C13H8O/c1-3-7-12-10(5-1)9-11-6-2-4-8-13(11)14-12/h1-5,7-9H. The lowest BCUT2D eigenvalue weighted by molar-refractivity contribution is 0.469. The van der Waals surface area contributed by atoms with Gasteiger partial charge in [-0.25, -0.2) is 0 Å². The fourth-order valence-electron chi connectivity index (χ4n) is 1.60. The molecule has 0 amide bonds. The molecule has 1 aliphatic heterocycles. The zero-order valence-electron chi connectivity index (χ0n) is 7.53. The Morgan fingerprint density at radius 3 is 2.79 bits per heavy atom. The van der Waals surface area contributed by atoms with E-state index in [4.69, 9.17) is 4.74 Å². The number of rotatable bonds is 0. The van der Waals surface area contributed by atoms with E-state index in [1.807, 2.05) is 42.5 Å². The van der Waals surface area contributed by atoms with E-state index >= 15 is 0 Å². The van der Waals surface area contributed by atoms with Gasteiger partial charge in [0.25, 0.3) is 0 Å². The molecule has 0 spiro atoms. The number of hydrogen-bond acceptors (Lipinski definition) is 1. The van der Waals surface area contributed by atoms with Gasteiger partial charge in [0, 0.05) is 17.5 Å². The summed E-state index contributed by atoms with van der Waals surface area (Å²) in [6.07, 6.45) is 2.09. The van der Waals surface area contributed by atoms with Crippen molar-refractivity contribution in [2.24, 2.45) is 0 Å². The maximum absolute atomic E-state index is 5.71. The molecule has 0 fully saturated rings. The Morgan fingerprint density at radius 1 is 0.929 bits per heavy atom. The summed E-state index contributed by atoms with van der Waals surface area (Å²) < 4.78 is 5.71. The molecule has 0 saturated carbocycles. The Bertz CT molecular complexity index is 387. The van der Waals surface area contributed by atoms with Gasteiger partial charge in [-0.1, -0.05) is 30.3 Å². The average Bonchev–Trinajstić information content (AvgIpc) is 2.26. The highest BCUT2D eigenvalue weighted by Gasteiger charge is 2.15. The van der Waals surface area contributed by atoms with E-state index in [0.717, 1.165) is 22.6 Å². The van der Waals surface area contributed by atoms with E-state index in [-0.39, 0.29) is 0 Å². The molecule has 1 heterocycles. The molecule has 3 rings (SSSR count). The minimum atomic E-state index is 0.881. The van der Waals surface area contributed by atoms with Crippen LogP contribution in [-0.2, 0) is 0 Å². The fourth-order valence-corrected chi connectivity index (χ4v) is 1.60. The van der Waals surface area contributed by atoms with Crippen LogP contribution in [0.4, 0.5) is 0 Å². The van der Waals surface area contributed by atoms with Crippen LogP contribution in [-0.4, -0.2) is 0 Å². The van der Waals surface area contributed by atoms with E-state index in [1.54, 1.807) is 0 Å². The van der Waals surface area contributed by atoms with Gasteiger partial charge in [0.2, 0.25) is 0 Å². The normalized spacial score (nSPS) is 12.6. The quantitative estimate of drug-likeness (QED) is 0.516. The number of para-hydroxylation sites is 1. The largest absolute Gasteiger partial charge is 0.457 e. The molecule has 14 heavy (non-hydrogen) atoms. The first kappa shape index (κ1) is 7.63. The summed E-state index contributed by atoms with van der Waals surface area (Å²) in [6.45, 7) is 0. The first-order chi connectivity index (χ1) is 6.93. The van der Waals surface area contributed by atoms with Crippen molar-refractivity contribution in [2.75, 3.05) is 0 Å². The van der Waals surface area contributed by atoms with Crippen molar-refractivity contribution in [1.82, 2.24) is 0 Å². The molecule has 0 N–H and O–H groups in total. The molecule has 1 aliphatic rings. The molecule has 2 aromatic rings. The van der Waals surface area contributed by atoms with Crippen molar-refractivity contribution in [2.45, 2.75) is 0 Å². The van der Waals surface area contributed by atoms with Crippen LogP contribution in [0.2, 0.25) is 0 Å². The molecule has 0 unspecified atom stereocenters. The van der Waals surface area contributed by atoms with E-state index in [9.17, 15) is 0 Å². The monoisotopic (exact) mass is 180 g/mol. The van der Waals surface area contributed by atoms with E-state index in [0.29, 0.717) is 0 Å². The van der Waals surface area contributed by atoms with Crippen LogP contribution in [0.3, 0.4) is 0 Å². The third-order valence-electron chi connectivity index (χ3n) is 2.29. The SMILES string of the molecule is [c]1cccc2c1[CH]c1ccccc1O2. The highest BCUT2D eigenvalue weighted by molar-refractivity contribution is 5.55. The van der Waals surface area contributed by atoms with E-state index in [2.05, 4.69) is 12.5 Å². The molecule has 1 heteroatoms. The Balaban J connectivity index is 2.12. The van der Waals surface area contributed by atoms with Crippen molar-refractivity contribution < 1.29 is 4.74 Å². The lowest BCUT2D eigenvalue weighted by Crippen LogP contribution is -2.00. The molecule has 2 aromatic carbocycles. The van der Waals surface area contributed by atoms with Crippen molar-refractivity contribution in [3.05, 3.63) is 66.1 Å². The predicted molar refractivity (Wildman–Crippen MR) is 54.3 cm³/mol. The maximum atomic E-state index is 5.71. The second kappa shape index (κ2) is 2.88. The fraction of sp³-hybridized carbons (Fsp3) is 0. The van der Waals surface area contributed by atoms with E-state index in [1.165, 1.54) is 0 Å². The van der Waals surface area contributed by atoms with Crippen LogP contribution >= 0.6 is 0 Å². The van der Waals surface area contributed by atoms with Gasteiger partial charge in [0.15, 0.2) is 0 Å². The summed E-state index contributed by atoms with van der Waals surface area (Å²) in [5.74, 6) is 1.80. The van der Waals surface area contributed by atoms with Gasteiger partial charge in [0.05, 0.1) is 0 Å². The summed E-state index contributed by atoms with van der Waals surface area (Å²) in [4.78, 5) is 0. The number of hydrogen-bond donors (Lipinski definition) is 0. The summed E-state index contributed by atoms with van der Waals surface area (Å²) in [7, 11) is 0. The second-order valence-corrected chi connectivity index (χ2v) is 3.23. The molecule has 0 aromatic heterocycles.